The maximum absolute atomic E-state index is 13.1. The number of hydrogen-bond donors (Lipinski definition) is 1. The molecule has 1 saturated heterocycles. The number of benzene rings is 1. The molecule has 1 amide bonds. The Balaban J connectivity index is 1.50. The largest absolute Gasteiger partial charge is 0.347 e. The topological polar surface area (TPSA) is 67.2 Å². The number of carbonyl (C=O) groups excluding carboxylic acids is 1. The van der Waals surface area contributed by atoms with Crippen LogP contribution >= 0.6 is 0 Å². The van der Waals surface area contributed by atoms with Crippen LogP contribution in [0.1, 0.15) is 29.8 Å². The van der Waals surface area contributed by atoms with E-state index >= 15 is 0 Å². The molecule has 2 aromatic rings. The van der Waals surface area contributed by atoms with Crippen LogP contribution in [-0.4, -0.2) is 45.8 Å². The highest BCUT2D eigenvalue weighted by Gasteiger charge is 2.34. The van der Waals surface area contributed by atoms with E-state index in [1.807, 2.05) is 0 Å². The van der Waals surface area contributed by atoms with Crippen LogP contribution < -0.4 is 10.9 Å². The van der Waals surface area contributed by atoms with Crippen LogP contribution in [0.5, 0.6) is 0 Å². The van der Waals surface area contributed by atoms with Gasteiger partial charge in [0.2, 0.25) is 0 Å². The maximum atomic E-state index is 13.1. The second kappa shape index (κ2) is 6.40. The quantitative estimate of drug-likeness (QED) is 0.910. The number of nitrogens with one attached hydrogen (secondary N) is 1. The lowest BCUT2D eigenvalue weighted by molar-refractivity contribution is 0.0930. The Kier molecular flexibility index (Phi) is 4.09. The summed E-state index contributed by atoms with van der Waals surface area (Å²) in [7, 11) is 0. The molecule has 4 rings (SSSR count). The molecule has 0 spiro atoms. The highest BCUT2D eigenvalue weighted by molar-refractivity contribution is 5.92. The summed E-state index contributed by atoms with van der Waals surface area (Å²) >= 11 is 0. The van der Waals surface area contributed by atoms with Crippen molar-refractivity contribution in [2.45, 2.75) is 31.3 Å². The van der Waals surface area contributed by atoms with Crippen LogP contribution in [0.4, 0.5) is 4.39 Å². The molecule has 1 atom stereocenters. The molecule has 0 bridgehead atoms. The van der Waals surface area contributed by atoms with Crippen LogP contribution in [0.25, 0.3) is 5.69 Å². The van der Waals surface area contributed by atoms with E-state index in [9.17, 15) is 14.0 Å². The Labute approximate surface area is 144 Å². The van der Waals surface area contributed by atoms with E-state index in [2.05, 4.69) is 15.3 Å². The molecule has 2 fully saturated rings. The van der Waals surface area contributed by atoms with Gasteiger partial charge < -0.3 is 5.32 Å². The normalized spacial score (nSPS) is 20.6. The molecule has 0 radical (unpaired) electrons. The average Bonchev–Trinajstić information content (AvgIpc) is 3.36. The van der Waals surface area contributed by atoms with Gasteiger partial charge in [0.05, 0.1) is 5.69 Å². The van der Waals surface area contributed by atoms with E-state index in [1.165, 1.54) is 49.2 Å². The van der Waals surface area contributed by atoms with E-state index in [4.69, 9.17) is 0 Å². The van der Waals surface area contributed by atoms with Crippen LogP contribution in [0.3, 0.4) is 0 Å². The summed E-state index contributed by atoms with van der Waals surface area (Å²) in [5.41, 5.74) is 0.222. The fourth-order valence-electron chi connectivity index (χ4n) is 3.24. The van der Waals surface area contributed by atoms with E-state index in [1.54, 1.807) is 0 Å². The van der Waals surface area contributed by atoms with Crippen molar-refractivity contribution < 1.29 is 9.18 Å². The Morgan fingerprint density at radius 3 is 2.60 bits per heavy atom. The zero-order valence-corrected chi connectivity index (χ0v) is 13.7. The molecule has 2 aliphatic rings. The first kappa shape index (κ1) is 16.0. The lowest BCUT2D eigenvalue weighted by Crippen LogP contribution is -2.38. The van der Waals surface area contributed by atoms with Crippen LogP contribution in [0.2, 0.25) is 0 Å². The molecule has 1 aliphatic carbocycles. The minimum absolute atomic E-state index is 0.112. The molecule has 0 unspecified atom stereocenters. The Bertz CT molecular complexity index is 845. The first-order valence-corrected chi connectivity index (χ1v) is 8.51. The van der Waals surface area contributed by atoms with Crippen LogP contribution in [0.15, 0.2) is 41.2 Å². The number of carbonyl (C=O) groups is 1. The summed E-state index contributed by atoms with van der Waals surface area (Å²) in [6, 6.07) is 8.94. The second-order valence-corrected chi connectivity index (χ2v) is 6.63. The standard InChI is InChI=1S/C18H19FN4O2/c19-12-1-3-15(4-2-12)23-17(24)8-7-16(21-23)18(25)20-13-9-10-22(11-13)14-5-6-14/h1-4,7-8,13-14H,5-6,9-11H2,(H,20,25)/t13-/m0/s1. The molecule has 2 heterocycles. The first-order chi connectivity index (χ1) is 12.1. The van der Waals surface area contributed by atoms with E-state index in [-0.39, 0.29) is 23.2 Å². The zero-order chi connectivity index (χ0) is 17.4. The molecule has 1 saturated carbocycles. The second-order valence-electron chi connectivity index (χ2n) is 6.63. The van der Waals surface area contributed by atoms with Gasteiger partial charge in [0, 0.05) is 31.2 Å². The molecule has 25 heavy (non-hydrogen) atoms. The van der Waals surface area contributed by atoms with E-state index < -0.39 is 5.82 Å². The van der Waals surface area contributed by atoms with Crippen molar-refractivity contribution in [3.05, 3.63) is 58.3 Å². The fourth-order valence-corrected chi connectivity index (χ4v) is 3.24. The van der Waals surface area contributed by atoms with Crippen molar-refractivity contribution in [2.24, 2.45) is 0 Å². The number of amides is 1. The molecule has 1 N–H and O–H groups in total. The van der Waals surface area contributed by atoms with E-state index in [0.717, 1.165) is 24.2 Å². The summed E-state index contributed by atoms with van der Waals surface area (Å²) in [6.07, 6.45) is 3.44. The van der Waals surface area contributed by atoms with Crippen LogP contribution in [0, 0.1) is 5.82 Å². The molecule has 1 aromatic carbocycles. The number of hydrogen-bond acceptors (Lipinski definition) is 4. The van der Waals surface area contributed by atoms with Gasteiger partial charge in [-0.3, -0.25) is 14.5 Å². The number of rotatable bonds is 4. The van der Waals surface area contributed by atoms with Gasteiger partial charge in [-0.1, -0.05) is 0 Å². The third kappa shape index (κ3) is 3.46. The highest BCUT2D eigenvalue weighted by Crippen LogP contribution is 2.29. The smallest absolute Gasteiger partial charge is 0.272 e. The molecule has 1 aromatic heterocycles. The Morgan fingerprint density at radius 2 is 1.88 bits per heavy atom. The Hall–Kier alpha value is -2.54. The molecule has 1 aliphatic heterocycles. The zero-order valence-electron chi connectivity index (χ0n) is 13.7. The molecular formula is C18H19FN4O2. The lowest BCUT2D eigenvalue weighted by atomic mass is 10.2. The third-order valence-corrected chi connectivity index (χ3v) is 4.72. The summed E-state index contributed by atoms with van der Waals surface area (Å²) in [6.45, 7) is 1.88. The Morgan fingerprint density at radius 1 is 1.12 bits per heavy atom. The minimum Gasteiger partial charge on any atom is -0.347 e. The van der Waals surface area contributed by atoms with Gasteiger partial charge in [-0.15, -0.1) is 0 Å². The number of likely N-dealkylation sites (tertiary alicyclic amines) is 1. The van der Waals surface area contributed by atoms with Crippen molar-refractivity contribution in [3.63, 3.8) is 0 Å². The van der Waals surface area contributed by atoms with Gasteiger partial charge in [-0.05, 0) is 49.6 Å². The minimum atomic E-state index is -0.396. The van der Waals surface area contributed by atoms with Gasteiger partial charge in [-0.25, -0.2) is 4.39 Å². The molecule has 6 nitrogen and oxygen atoms in total. The third-order valence-electron chi connectivity index (χ3n) is 4.72. The molecule has 130 valence electrons. The monoisotopic (exact) mass is 342 g/mol. The van der Waals surface area contributed by atoms with E-state index in [0.29, 0.717) is 11.7 Å². The maximum Gasteiger partial charge on any atom is 0.272 e. The molecule has 7 heteroatoms. The van der Waals surface area contributed by atoms with Crippen molar-refractivity contribution in [2.75, 3.05) is 13.1 Å². The number of aromatic nitrogens is 2. The SMILES string of the molecule is O=C(N[C@H]1CCN(C2CC2)C1)c1ccc(=O)n(-c2ccc(F)cc2)n1. The summed E-state index contributed by atoms with van der Waals surface area (Å²) in [5, 5.41) is 7.13. The first-order valence-electron chi connectivity index (χ1n) is 8.51. The highest BCUT2D eigenvalue weighted by atomic mass is 19.1. The van der Waals surface area contributed by atoms with Gasteiger partial charge in [0.15, 0.2) is 0 Å². The van der Waals surface area contributed by atoms with Crippen molar-refractivity contribution in [3.8, 4) is 5.69 Å². The van der Waals surface area contributed by atoms with Crippen molar-refractivity contribution >= 4 is 5.91 Å². The predicted molar refractivity (Wildman–Crippen MR) is 90.3 cm³/mol. The van der Waals surface area contributed by atoms with Gasteiger partial charge in [-0.2, -0.15) is 9.78 Å². The van der Waals surface area contributed by atoms with Crippen LogP contribution in [-0.2, 0) is 0 Å². The van der Waals surface area contributed by atoms with Crippen molar-refractivity contribution in [1.29, 1.82) is 0 Å². The summed E-state index contributed by atoms with van der Waals surface area (Å²) in [5.74, 6) is -0.689. The lowest BCUT2D eigenvalue weighted by Gasteiger charge is -2.15. The average molecular weight is 342 g/mol. The fraction of sp³-hybridized carbons (Fsp3) is 0.389. The summed E-state index contributed by atoms with van der Waals surface area (Å²) in [4.78, 5) is 26.9. The van der Waals surface area contributed by atoms with Gasteiger partial charge >= 0.3 is 0 Å². The molecular weight excluding hydrogens is 323 g/mol. The predicted octanol–water partition coefficient (Wildman–Crippen LogP) is 1.34. The van der Waals surface area contributed by atoms with Crippen molar-refractivity contribution in [1.82, 2.24) is 20.0 Å². The summed E-state index contributed by atoms with van der Waals surface area (Å²) < 4.78 is 14.2. The number of halogens is 1. The number of nitrogens with zero attached hydrogens (tertiary/aromatic N) is 3. The van der Waals surface area contributed by atoms with Gasteiger partial charge in [0.1, 0.15) is 11.5 Å². The van der Waals surface area contributed by atoms with Gasteiger partial charge in [0.25, 0.3) is 11.5 Å².